The normalized spacial score (nSPS) is 20.5. The zero-order chi connectivity index (χ0) is 26.0. The summed E-state index contributed by atoms with van der Waals surface area (Å²) < 4.78 is 11.5. The highest BCUT2D eigenvalue weighted by Gasteiger charge is 2.54. The van der Waals surface area contributed by atoms with Crippen molar-refractivity contribution in [2.75, 3.05) is 6.61 Å². The second-order valence-corrected chi connectivity index (χ2v) is 11.7. The Hall–Kier alpha value is -3.07. The lowest BCUT2D eigenvalue weighted by atomic mass is 9.79. The molecule has 0 amide bonds. The van der Waals surface area contributed by atoms with Gasteiger partial charge < -0.3 is 9.47 Å². The minimum Gasteiger partial charge on any atom is -0.476 e. The fourth-order valence-electron chi connectivity index (χ4n) is 5.47. The monoisotopic (exact) mass is 496 g/mol. The third kappa shape index (κ3) is 5.92. The smallest absolute Gasteiger partial charge is 0.350 e. The lowest BCUT2D eigenvalue weighted by Gasteiger charge is -2.26. The number of benzene rings is 3. The highest BCUT2D eigenvalue weighted by atomic mass is 16.6. The van der Waals surface area contributed by atoms with Crippen molar-refractivity contribution in [1.29, 1.82) is 0 Å². The van der Waals surface area contributed by atoms with Gasteiger partial charge in [0.05, 0.1) is 6.61 Å². The van der Waals surface area contributed by atoms with E-state index in [2.05, 4.69) is 68.4 Å². The first-order chi connectivity index (χ1) is 17.8. The van der Waals surface area contributed by atoms with E-state index in [0.717, 1.165) is 17.4 Å². The Morgan fingerprint density at radius 2 is 1.49 bits per heavy atom. The van der Waals surface area contributed by atoms with Crippen LogP contribution < -0.4 is 4.74 Å². The lowest BCUT2D eigenvalue weighted by molar-refractivity contribution is -0.155. The topological polar surface area (TPSA) is 35.5 Å². The molecule has 0 radical (unpaired) electrons. The van der Waals surface area contributed by atoms with Crippen LogP contribution in [0, 0.1) is 18.8 Å². The Labute approximate surface area is 222 Å². The molecule has 0 unspecified atom stereocenters. The number of carbonyl (C=O) groups excluding carboxylic acids is 1. The van der Waals surface area contributed by atoms with E-state index in [-0.39, 0.29) is 5.97 Å². The molecule has 0 heterocycles. The van der Waals surface area contributed by atoms with Crippen molar-refractivity contribution in [3.8, 4) is 28.0 Å². The maximum absolute atomic E-state index is 12.5. The third-order valence-corrected chi connectivity index (χ3v) is 8.06. The van der Waals surface area contributed by atoms with E-state index in [1.54, 1.807) is 0 Å². The van der Waals surface area contributed by atoms with Crippen molar-refractivity contribution in [2.45, 2.75) is 77.7 Å². The first kappa shape index (κ1) is 25.6. The van der Waals surface area contributed by atoms with Gasteiger partial charge >= 0.3 is 5.97 Å². The average molecular weight is 497 g/mol. The number of hydrogen-bond acceptors (Lipinski definition) is 3. The third-order valence-electron chi connectivity index (χ3n) is 8.06. The summed E-state index contributed by atoms with van der Waals surface area (Å²) in [6, 6.07) is 24.0. The van der Waals surface area contributed by atoms with Crippen molar-refractivity contribution in [3.63, 3.8) is 0 Å². The number of ether oxygens (including phenoxy) is 2. The molecular weight excluding hydrogens is 456 g/mol. The molecule has 37 heavy (non-hydrogen) atoms. The second kappa shape index (κ2) is 10.7. The number of rotatable bonds is 8. The van der Waals surface area contributed by atoms with E-state index < -0.39 is 5.60 Å². The van der Waals surface area contributed by atoms with Crippen LogP contribution in [0.25, 0.3) is 22.3 Å². The predicted molar refractivity (Wildman–Crippen MR) is 151 cm³/mol. The van der Waals surface area contributed by atoms with Crippen LogP contribution in [0.1, 0.15) is 76.3 Å². The summed E-state index contributed by atoms with van der Waals surface area (Å²) in [4.78, 5) is 12.5. The van der Waals surface area contributed by atoms with Gasteiger partial charge in [-0.05, 0) is 83.0 Å². The number of aryl methyl sites for hydroxylation is 1. The summed E-state index contributed by atoms with van der Waals surface area (Å²) >= 11 is 0. The highest BCUT2D eigenvalue weighted by molar-refractivity contribution is 5.83. The summed E-state index contributed by atoms with van der Waals surface area (Å²) in [7, 11) is 0. The molecule has 0 aliphatic heterocycles. The molecule has 0 spiro atoms. The van der Waals surface area contributed by atoms with E-state index >= 15 is 0 Å². The fraction of sp³-hybridized carbons (Fsp3) is 0.441. The van der Waals surface area contributed by atoms with Gasteiger partial charge in [-0.25, -0.2) is 4.79 Å². The Balaban J connectivity index is 1.24. The molecule has 5 rings (SSSR count). The van der Waals surface area contributed by atoms with E-state index in [9.17, 15) is 4.79 Å². The minimum absolute atomic E-state index is 0.238. The molecule has 2 saturated carbocycles. The van der Waals surface area contributed by atoms with E-state index in [1.807, 2.05) is 26.0 Å². The van der Waals surface area contributed by atoms with Gasteiger partial charge in [0.2, 0.25) is 5.60 Å². The summed E-state index contributed by atoms with van der Waals surface area (Å²) in [6.45, 7) is 9.06. The van der Waals surface area contributed by atoms with Crippen LogP contribution in [-0.4, -0.2) is 18.2 Å². The SMILES string of the molecule is Cc1cc(-c2ccc(C3CCC(C)CC3)cc2)ccc1-c1ccc(OC2(C(=O)OCC(C)C)CC2)cc1. The summed E-state index contributed by atoms with van der Waals surface area (Å²) in [5.41, 5.74) is 6.82. The second-order valence-electron chi connectivity index (χ2n) is 11.7. The van der Waals surface area contributed by atoms with Gasteiger partial charge in [-0.1, -0.05) is 88.2 Å². The van der Waals surface area contributed by atoms with Crippen molar-refractivity contribution in [3.05, 3.63) is 77.9 Å². The molecule has 0 saturated heterocycles. The number of esters is 1. The molecule has 0 bridgehead atoms. The molecule has 3 nitrogen and oxygen atoms in total. The standard InChI is InChI=1S/C34H40O3/c1-23(2)22-36-33(35)34(19-20-34)37-31-16-13-29(14-17-31)32-18-15-30(21-25(32)4)28-11-9-27(10-12-28)26-7-5-24(3)6-8-26/h9-18,21,23-24,26H,5-8,19-20,22H2,1-4H3. The maximum atomic E-state index is 12.5. The van der Waals surface area contributed by atoms with Crippen LogP contribution in [0.3, 0.4) is 0 Å². The summed E-state index contributed by atoms with van der Waals surface area (Å²) in [5, 5.41) is 0. The summed E-state index contributed by atoms with van der Waals surface area (Å²) in [6.07, 6.45) is 6.78. The molecule has 194 valence electrons. The lowest BCUT2D eigenvalue weighted by Crippen LogP contribution is -2.32. The van der Waals surface area contributed by atoms with Crippen LogP contribution in [0.5, 0.6) is 5.75 Å². The van der Waals surface area contributed by atoms with Crippen LogP contribution in [0.2, 0.25) is 0 Å². The highest BCUT2D eigenvalue weighted by Crippen LogP contribution is 2.42. The van der Waals surface area contributed by atoms with Crippen molar-refractivity contribution in [1.82, 2.24) is 0 Å². The number of hydrogen-bond donors (Lipinski definition) is 0. The quantitative estimate of drug-likeness (QED) is 0.292. The van der Waals surface area contributed by atoms with Gasteiger partial charge in [0, 0.05) is 12.8 Å². The Morgan fingerprint density at radius 1 is 0.865 bits per heavy atom. The fourth-order valence-corrected chi connectivity index (χ4v) is 5.47. The van der Waals surface area contributed by atoms with Crippen molar-refractivity contribution in [2.24, 2.45) is 11.8 Å². The molecule has 2 aliphatic rings. The molecule has 0 aromatic heterocycles. The molecular formula is C34H40O3. The van der Waals surface area contributed by atoms with Gasteiger partial charge in [-0.2, -0.15) is 0 Å². The van der Waals surface area contributed by atoms with Gasteiger partial charge in [0.1, 0.15) is 5.75 Å². The number of carbonyl (C=O) groups is 1. The van der Waals surface area contributed by atoms with Gasteiger partial charge in [0.15, 0.2) is 0 Å². The Morgan fingerprint density at radius 3 is 2.08 bits per heavy atom. The first-order valence-electron chi connectivity index (χ1n) is 14.0. The van der Waals surface area contributed by atoms with Crippen LogP contribution in [0.15, 0.2) is 66.7 Å². The molecule has 3 aromatic rings. The molecule has 0 N–H and O–H groups in total. The van der Waals surface area contributed by atoms with E-state index in [0.29, 0.717) is 31.1 Å². The largest absolute Gasteiger partial charge is 0.476 e. The Kier molecular flexibility index (Phi) is 7.42. The van der Waals surface area contributed by atoms with Gasteiger partial charge in [0.25, 0.3) is 0 Å². The zero-order valence-electron chi connectivity index (χ0n) is 22.8. The average Bonchev–Trinajstić information content (AvgIpc) is 3.69. The van der Waals surface area contributed by atoms with Gasteiger partial charge in [-0.3, -0.25) is 0 Å². The molecule has 3 heteroatoms. The van der Waals surface area contributed by atoms with E-state index in [4.69, 9.17) is 9.47 Å². The van der Waals surface area contributed by atoms with Crippen LogP contribution in [0.4, 0.5) is 0 Å². The van der Waals surface area contributed by atoms with Crippen LogP contribution in [-0.2, 0) is 9.53 Å². The van der Waals surface area contributed by atoms with Crippen molar-refractivity contribution < 1.29 is 14.3 Å². The van der Waals surface area contributed by atoms with Crippen LogP contribution >= 0.6 is 0 Å². The first-order valence-corrected chi connectivity index (χ1v) is 14.0. The van der Waals surface area contributed by atoms with E-state index in [1.165, 1.54) is 53.5 Å². The Bertz CT molecular complexity index is 1210. The molecule has 2 fully saturated rings. The summed E-state index contributed by atoms with van der Waals surface area (Å²) in [5.74, 6) is 2.40. The maximum Gasteiger partial charge on any atom is 0.350 e. The molecule has 3 aromatic carbocycles. The molecule has 2 aliphatic carbocycles. The van der Waals surface area contributed by atoms with Gasteiger partial charge in [-0.15, -0.1) is 0 Å². The zero-order valence-corrected chi connectivity index (χ0v) is 22.8. The predicted octanol–water partition coefficient (Wildman–Crippen LogP) is 8.73. The minimum atomic E-state index is -0.793. The van der Waals surface area contributed by atoms with Crippen molar-refractivity contribution >= 4 is 5.97 Å². The molecule has 0 atom stereocenters.